The van der Waals surface area contributed by atoms with E-state index in [0.29, 0.717) is 31.4 Å². The lowest BCUT2D eigenvalue weighted by Gasteiger charge is -2.27. The second-order valence-electron chi connectivity index (χ2n) is 7.40. The van der Waals surface area contributed by atoms with Gasteiger partial charge in [-0.2, -0.15) is 0 Å². The molecule has 3 N–H and O–H groups in total. The van der Waals surface area contributed by atoms with Gasteiger partial charge in [-0.3, -0.25) is 4.79 Å². The Morgan fingerprint density at radius 1 is 1.11 bits per heavy atom. The molecule has 2 fully saturated rings. The van der Waals surface area contributed by atoms with Crippen LogP contribution in [0.1, 0.15) is 44.1 Å². The van der Waals surface area contributed by atoms with Crippen LogP contribution in [0, 0.1) is 12.8 Å². The molecular formula is C20H28N2O5. The lowest BCUT2D eigenvalue weighted by atomic mass is 9.86. The highest BCUT2D eigenvalue weighted by Crippen LogP contribution is 2.26. The van der Waals surface area contributed by atoms with Gasteiger partial charge >= 0.3 is 12.0 Å². The summed E-state index contributed by atoms with van der Waals surface area (Å²) in [7, 11) is 0. The van der Waals surface area contributed by atoms with Crippen molar-refractivity contribution in [1.29, 1.82) is 0 Å². The van der Waals surface area contributed by atoms with Gasteiger partial charge < -0.3 is 25.2 Å². The third-order valence-electron chi connectivity index (χ3n) is 5.31. The smallest absolute Gasteiger partial charge is 0.319 e. The van der Waals surface area contributed by atoms with Crippen LogP contribution in [0.2, 0.25) is 0 Å². The van der Waals surface area contributed by atoms with E-state index in [4.69, 9.17) is 14.6 Å². The van der Waals surface area contributed by atoms with Crippen LogP contribution in [0.25, 0.3) is 0 Å². The van der Waals surface area contributed by atoms with E-state index in [0.717, 1.165) is 37.4 Å². The lowest BCUT2D eigenvalue weighted by molar-refractivity contribution is -0.142. The number of urea groups is 1. The van der Waals surface area contributed by atoms with Crippen LogP contribution in [0.15, 0.2) is 18.2 Å². The number of hydrogen-bond acceptors (Lipinski definition) is 4. The molecule has 1 aliphatic heterocycles. The van der Waals surface area contributed by atoms with Gasteiger partial charge in [-0.1, -0.05) is 0 Å². The predicted octanol–water partition coefficient (Wildman–Crippen LogP) is 3.32. The number of anilines is 1. The standard InChI is InChI=1S/C20H28N2O5/c1-13-12-16(6-7-18(13)27-17-8-10-26-11-9-17)22-20(25)21-15-4-2-14(3-5-15)19(23)24/h6-7,12,14-15,17H,2-5,8-11H2,1H3,(H,23,24)(H2,21,22,25). The summed E-state index contributed by atoms with van der Waals surface area (Å²) in [6.45, 7) is 3.43. The van der Waals surface area contributed by atoms with Crippen LogP contribution in [-0.4, -0.2) is 42.5 Å². The molecule has 0 unspecified atom stereocenters. The minimum Gasteiger partial charge on any atom is -0.490 e. The van der Waals surface area contributed by atoms with Crippen molar-refractivity contribution in [1.82, 2.24) is 5.32 Å². The normalized spacial score (nSPS) is 23.4. The molecule has 0 bridgehead atoms. The molecule has 3 rings (SSSR count). The molecule has 7 nitrogen and oxygen atoms in total. The van der Waals surface area contributed by atoms with Crippen LogP contribution < -0.4 is 15.4 Å². The molecule has 1 saturated heterocycles. The van der Waals surface area contributed by atoms with E-state index in [1.807, 2.05) is 25.1 Å². The Balaban J connectivity index is 1.48. The van der Waals surface area contributed by atoms with Crippen molar-refractivity contribution in [3.05, 3.63) is 23.8 Å². The van der Waals surface area contributed by atoms with E-state index < -0.39 is 5.97 Å². The van der Waals surface area contributed by atoms with Crippen molar-refractivity contribution in [3.8, 4) is 5.75 Å². The fourth-order valence-corrected chi connectivity index (χ4v) is 3.67. The highest BCUT2D eigenvalue weighted by molar-refractivity contribution is 5.89. The Kier molecular flexibility index (Phi) is 6.55. The summed E-state index contributed by atoms with van der Waals surface area (Å²) in [5.41, 5.74) is 1.69. The summed E-state index contributed by atoms with van der Waals surface area (Å²) in [4.78, 5) is 23.2. The van der Waals surface area contributed by atoms with Crippen molar-refractivity contribution in [3.63, 3.8) is 0 Å². The summed E-state index contributed by atoms with van der Waals surface area (Å²) in [6.07, 6.45) is 4.58. The molecule has 7 heteroatoms. The van der Waals surface area contributed by atoms with Gasteiger partial charge in [0.05, 0.1) is 19.1 Å². The quantitative estimate of drug-likeness (QED) is 0.732. The number of carboxylic acid groups (broad SMARTS) is 1. The average Bonchev–Trinajstić information content (AvgIpc) is 2.65. The number of aryl methyl sites for hydroxylation is 1. The van der Waals surface area contributed by atoms with Gasteiger partial charge in [0, 0.05) is 24.6 Å². The van der Waals surface area contributed by atoms with Crippen molar-refractivity contribution in [2.75, 3.05) is 18.5 Å². The zero-order valence-corrected chi connectivity index (χ0v) is 15.7. The molecule has 1 aromatic rings. The van der Waals surface area contributed by atoms with Gasteiger partial charge in [0.15, 0.2) is 0 Å². The summed E-state index contributed by atoms with van der Waals surface area (Å²) in [5, 5.41) is 14.8. The number of hydrogen-bond donors (Lipinski definition) is 3. The van der Waals surface area contributed by atoms with Crippen LogP contribution >= 0.6 is 0 Å². The Bertz CT molecular complexity index is 664. The molecule has 2 aliphatic rings. The van der Waals surface area contributed by atoms with Gasteiger partial charge in [-0.15, -0.1) is 0 Å². The monoisotopic (exact) mass is 376 g/mol. The first-order valence-electron chi connectivity index (χ1n) is 9.66. The maximum Gasteiger partial charge on any atom is 0.319 e. The predicted molar refractivity (Wildman–Crippen MR) is 101 cm³/mol. The molecule has 1 aliphatic carbocycles. The van der Waals surface area contributed by atoms with E-state index in [2.05, 4.69) is 10.6 Å². The Morgan fingerprint density at radius 3 is 2.44 bits per heavy atom. The summed E-state index contributed by atoms with van der Waals surface area (Å²) in [6, 6.07) is 5.39. The third-order valence-corrected chi connectivity index (χ3v) is 5.31. The topological polar surface area (TPSA) is 96.9 Å². The van der Waals surface area contributed by atoms with Gasteiger partial charge in [0.25, 0.3) is 0 Å². The molecule has 148 valence electrons. The van der Waals surface area contributed by atoms with Crippen molar-refractivity contribution >= 4 is 17.7 Å². The second-order valence-corrected chi connectivity index (χ2v) is 7.40. The van der Waals surface area contributed by atoms with E-state index >= 15 is 0 Å². The van der Waals surface area contributed by atoms with E-state index in [1.54, 1.807) is 0 Å². The molecule has 1 aromatic carbocycles. The Hall–Kier alpha value is -2.28. The third kappa shape index (κ3) is 5.60. The molecule has 0 aromatic heterocycles. The molecule has 2 amide bonds. The number of carbonyl (C=O) groups excluding carboxylic acids is 1. The number of aliphatic carboxylic acids is 1. The van der Waals surface area contributed by atoms with Gasteiger partial charge in [0.2, 0.25) is 0 Å². The number of benzene rings is 1. The van der Waals surface area contributed by atoms with Crippen LogP contribution in [0.5, 0.6) is 5.75 Å². The number of rotatable bonds is 5. The Morgan fingerprint density at radius 2 is 1.81 bits per heavy atom. The van der Waals surface area contributed by atoms with Gasteiger partial charge in [-0.25, -0.2) is 4.79 Å². The lowest BCUT2D eigenvalue weighted by Crippen LogP contribution is -2.41. The van der Waals surface area contributed by atoms with Crippen molar-refractivity contribution < 1.29 is 24.2 Å². The number of nitrogens with one attached hydrogen (secondary N) is 2. The molecule has 27 heavy (non-hydrogen) atoms. The number of carboxylic acids is 1. The first-order chi connectivity index (χ1) is 13.0. The molecular weight excluding hydrogens is 348 g/mol. The van der Waals surface area contributed by atoms with Crippen LogP contribution in [-0.2, 0) is 9.53 Å². The molecule has 0 atom stereocenters. The SMILES string of the molecule is Cc1cc(NC(=O)NC2CCC(C(=O)O)CC2)ccc1OC1CCOCC1. The Labute approximate surface area is 159 Å². The molecule has 0 spiro atoms. The number of ether oxygens (including phenoxy) is 2. The van der Waals surface area contributed by atoms with Crippen LogP contribution in [0.3, 0.4) is 0 Å². The zero-order valence-electron chi connectivity index (χ0n) is 15.7. The first-order valence-corrected chi connectivity index (χ1v) is 9.66. The highest BCUT2D eigenvalue weighted by atomic mass is 16.5. The maximum atomic E-state index is 12.2. The first kappa shape index (κ1) is 19.5. The summed E-state index contributed by atoms with van der Waals surface area (Å²) < 4.78 is 11.4. The van der Waals surface area contributed by atoms with E-state index in [9.17, 15) is 9.59 Å². The summed E-state index contributed by atoms with van der Waals surface area (Å²) in [5.74, 6) is -0.187. The maximum absolute atomic E-state index is 12.2. The van der Waals surface area contributed by atoms with Crippen molar-refractivity contribution in [2.24, 2.45) is 5.92 Å². The van der Waals surface area contributed by atoms with Crippen LogP contribution in [0.4, 0.5) is 10.5 Å². The minimum atomic E-state index is -0.739. The largest absolute Gasteiger partial charge is 0.490 e. The second kappa shape index (κ2) is 9.08. The average molecular weight is 376 g/mol. The molecule has 1 saturated carbocycles. The number of amides is 2. The van der Waals surface area contributed by atoms with Gasteiger partial charge in [-0.05, 0) is 56.4 Å². The summed E-state index contributed by atoms with van der Waals surface area (Å²) >= 11 is 0. The van der Waals surface area contributed by atoms with Crippen molar-refractivity contribution in [2.45, 2.75) is 57.6 Å². The zero-order chi connectivity index (χ0) is 19.2. The molecule has 0 radical (unpaired) electrons. The number of carbonyl (C=O) groups is 2. The fourth-order valence-electron chi connectivity index (χ4n) is 3.67. The van der Waals surface area contributed by atoms with E-state index in [-0.39, 0.29) is 24.1 Å². The minimum absolute atomic E-state index is 0.0258. The fraction of sp³-hybridized carbons (Fsp3) is 0.600. The molecule has 1 heterocycles. The van der Waals surface area contributed by atoms with E-state index in [1.165, 1.54) is 0 Å². The van der Waals surface area contributed by atoms with Gasteiger partial charge in [0.1, 0.15) is 11.9 Å². The highest BCUT2D eigenvalue weighted by Gasteiger charge is 2.26.